The van der Waals surface area contributed by atoms with Crippen LogP contribution in [0.3, 0.4) is 0 Å². The predicted molar refractivity (Wildman–Crippen MR) is 104 cm³/mol. The maximum absolute atomic E-state index is 12.6. The van der Waals surface area contributed by atoms with Crippen LogP contribution in [0.2, 0.25) is 0 Å². The molecule has 0 aliphatic carbocycles. The second-order valence-electron chi connectivity index (χ2n) is 6.04. The topological polar surface area (TPSA) is 77.2 Å². The molecule has 0 aliphatic rings. The van der Waals surface area contributed by atoms with Gasteiger partial charge in [0.15, 0.2) is 5.82 Å². The van der Waals surface area contributed by atoms with Gasteiger partial charge in [0.1, 0.15) is 5.75 Å². The van der Waals surface area contributed by atoms with Crippen LogP contribution in [-0.4, -0.2) is 29.2 Å². The van der Waals surface area contributed by atoms with Gasteiger partial charge in [-0.25, -0.2) is 0 Å². The highest BCUT2D eigenvalue weighted by molar-refractivity contribution is 7.98. The molecule has 9 heteroatoms. The van der Waals surface area contributed by atoms with Crippen molar-refractivity contribution in [2.24, 2.45) is 0 Å². The molecule has 0 fully saturated rings. The standard InChI is InChI=1S/C20H19F2N3O3S/c1-13-24-18(25-28-13)12-29-17-5-3-2-4-16(17)19(26)23-11-10-14-6-8-15(9-7-14)27-20(21)22/h2-9,20H,10-12H2,1H3,(H,23,26). The first-order valence-corrected chi connectivity index (χ1v) is 9.83. The Hall–Kier alpha value is -2.94. The van der Waals surface area contributed by atoms with Gasteiger partial charge in [0.25, 0.3) is 5.91 Å². The molecule has 29 heavy (non-hydrogen) atoms. The number of carbonyl (C=O) groups is 1. The summed E-state index contributed by atoms with van der Waals surface area (Å²) in [7, 11) is 0. The Morgan fingerprint density at radius 3 is 2.66 bits per heavy atom. The lowest BCUT2D eigenvalue weighted by Gasteiger charge is -2.10. The Bertz CT molecular complexity index is 948. The van der Waals surface area contributed by atoms with E-state index in [9.17, 15) is 13.6 Å². The summed E-state index contributed by atoms with van der Waals surface area (Å²) >= 11 is 1.46. The lowest BCUT2D eigenvalue weighted by Crippen LogP contribution is -2.26. The van der Waals surface area contributed by atoms with E-state index in [1.807, 2.05) is 12.1 Å². The second kappa shape index (κ2) is 10.0. The normalized spacial score (nSPS) is 10.9. The first-order valence-electron chi connectivity index (χ1n) is 8.84. The molecule has 0 saturated carbocycles. The molecule has 6 nitrogen and oxygen atoms in total. The lowest BCUT2D eigenvalue weighted by molar-refractivity contribution is -0.0498. The maximum Gasteiger partial charge on any atom is 0.387 e. The van der Waals surface area contributed by atoms with E-state index in [1.165, 1.54) is 23.9 Å². The van der Waals surface area contributed by atoms with Gasteiger partial charge in [0, 0.05) is 18.4 Å². The monoisotopic (exact) mass is 419 g/mol. The van der Waals surface area contributed by atoms with Crippen molar-refractivity contribution in [2.75, 3.05) is 6.54 Å². The van der Waals surface area contributed by atoms with Gasteiger partial charge in [-0.05, 0) is 36.2 Å². The number of alkyl halides is 2. The molecule has 0 saturated heterocycles. The molecule has 0 unspecified atom stereocenters. The summed E-state index contributed by atoms with van der Waals surface area (Å²) in [6, 6.07) is 13.7. The molecule has 3 aromatic rings. The molecule has 1 amide bonds. The highest BCUT2D eigenvalue weighted by atomic mass is 32.2. The molecular weight excluding hydrogens is 400 g/mol. The van der Waals surface area contributed by atoms with E-state index < -0.39 is 6.61 Å². The highest BCUT2D eigenvalue weighted by Crippen LogP contribution is 2.25. The summed E-state index contributed by atoms with van der Waals surface area (Å²) in [5.74, 6) is 1.49. The number of benzene rings is 2. The van der Waals surface area contributed by atoms with Crippen LogP contribution in [0, 0.1) is 6.92 Å². The zero-order valence-electron chi connectivity index (χ0n) is 15.6. The van der Waals surface area contributed by atoms with Crippen molar-refractivity contribution in [3.63, 3.8) is 0 Å². The zero-order valence-corrected chi connectivity index (χ0v) is 16.4. The quantitative estimate of drug-likeness (QED) is 0.523. The Morgan fingerprint density at radius 1 is 1.21 bits per heavy atom. The van der Waals surface area contributed by atoms with Crippen LogP contribution in [0.25, 0.3) is 0 Å². The number of aryl methyl sites for hydroxylation is 1. The minimum Gasteiger partial charge on any atom is -0.435 e. The minimum absolute atomic E-state index is 0.107. The number of aromatic nitrogens is 2. The highest BCUT2D eigenvalue weighted by Gasteiger charge is 2.12. The van der Waals surface area contributed by atoms with Crippen molar-refractivity contribution in [3.8, 4) is 5.75 Å². The number of hydrogen-bond acceptors (Lipinski definition) is 6. The molecule has 0 spiro atoms. The Kier molecular flexibility index (Phi) is 7.18. The summed E-state index contributed by atoms with van der Waals surface area (Å²) in [5.41, 5.74) is 1.47. The largest absolute Gasteiger partial charge is 0.435 e. The zero-order chi connectivity index (χ0) is 20.6. The van der Waals surface area contributed by atoms with Gasteiger partial charge in [0.05, 0.1) is 11.3 Å². The van der Waals surface area contributed by atoms with E-state index in [1.54, 1.807) is 31.2 Å². The Morgan fingerprint density at radius 2 is 1.97 bits per heavy atom. The van der Waals surface area contributed by atoms with Crippen molar-refractivity contribution in [1.82, 2.24) is 15.5 Å². The number of rotatable bonds is 9. The van der Waals surface area contributed by atoms with Crippen LogP contribution in [0.4, 0.5) is 8.78 Å². The maximum atomic E-state index is 12.6. The molecule has 1 N–H and O–H groups in total. The van der Waals surface area contributed by atoms with Crippen molar-refractivity contribution >= 4 is 17.7 Å². The van der Waals surface area contributed by atoms with E-state index >= 15 is 0 Å². The number of thioether (sulfide) groups is 1. The van der Waals surface area contributed by atoms with Gasteiger partial charge in [-0.15, -0.1) is 11.8 Å². The fourth-order valence-electron chi connectivity index (χ4n) is 2.58. The van der Waals surface area contributed by atoms with Crippen LogP contribution in [0.15, 0.2) is 57.9 Å². The van der Waals surface area contributed by atoms with Gasteiger partial charge < -0.3 is 14.6 Å². The lowest BCUT2D eigenvalue weighted by atomic mass is 10.1. The molecule has 1 aromatic heterocycles. The molecule has 0 radical (unpaired) electrons. The van der Waals surface area contributed by atoms with E-state index in [0.717, 1.165) is 10.5 Å². The van der Waals surface area contributed by atoms with E-state index in [4.69, 9.17) is 4.52 Å². The SMILES string of the molecule is Cc1nc(CSc2ccccc2C(=O)NCCc2ccc(OC(F)F)cc2)no1. The van der Waals surface area contributed by atoms with Gasteiger partial charge in [0.2, 0.25) is 5.89 Å². The smallest absolute Gasteiger partial charge is 0.387 e. The van der Waals surface area contributed by atoms with E-state index in [-0.39, 0.29) is 11.7 Å². The fraction of sp³-hybridized carbons (Fsp3) is 0.250. The average molecular weight is 419 g/mol. The number of nitrogens with zero attached hydrogens (tertiary/aromatic N) is 2. The van der Waals surface area contributed by atoms with Gasteiger partial charge in [-0.2, -0.15) is 13.8 Å². The van der Waals surface area contributed by atoms with Crippen LogP contribution in [0.1, 0.15) is 27.6 Å². The third-order valence-electron chi connectivity index (χ3n) is 3.91. The number of nitrogens with one attached hydrogen (secondary N) is 1. The molecule has 1 heterocycles. The number of ether oxygens (including phenoxy) is 1. The summed E-state index contributed by atoms with van der Waals surface area (Å²) < 4.78 is 33.6. The van der Waals surface area contributed by atoms with Crippen molar-refractivity contribution in [3.05, 3.63) is 71.4 Å². The van der Waals surface area contributed by atoms with Crippen LogP contribution in [0.5, 0.6) is 5.75 Å². The van der Waals surface area contributed by atoms with Crippen molar-refractivity contribution in [2.45, 2.75) is 30.6 Å². The second-order valence-corrected chi connectivity index (χ2v) is 7.06. The van der Waals surface area contributed by atoms with Gasteiger partial charge >= 0.3 is 6.61 Å². The van der Waals surface area contributed by atoms with Gasteiger partial charge in [-0.3, -0.25) is 4.79 Å². The summed E-state index contributed by atoms with van der Waals surface area (Å²) in [6.07, 6.45) is 0.568. The average Bonchev–Trinajstić information content (AvgIpc) is 3.12. The van der Waals surface area contributed by atoms with Crippen LogP contribution >= 0.6 is 11.8 Å². The number of amides is 1. The molecule has 0 bridgehead atoms. The van der Waals surface area contributed by atoms with E-state index in [0.29, 0.717) is 36.0 Å². The third-order valence-corrected chi connectivity index (χ3v) is 4.98. The fourth-order valence-corrected chi connectivity index (χ4v) is 3.47. The molecule has 3 rings (SSSR count). The molecular formula is C20H19F2N3O3S. The molecule has 0 aliphatic heterocycles. The number of halogens is 2. The van der Waals surface area contributed by atoms with E-state index in [2.05, 4.69) is 20.2 Å². The third kappa shape index (κ3) is 6.28. The molecule has 0 atom stereocenters. The molecule has 2 aromatic carbocycles. The summed E-state index contributed by atoms with van der Waals surface area (Å²) in [6.45, 7) is -0.707. The van der Waals surface area contributed by atoms with Crippen LogP contribution < -0.4 is 10.1 Å². The Balaban J connectivity index is 1.52. The number of hydrogen-bond donors (Lipinski definition) is 1. The van der Waals surface area contributed by atoms with Gasteiger partial charge in [-0.1, -0.05) is 29.4 Å². The number of carbonyl (C=O) groups excluding carboxylic acids is 1. The summed E-state index contributed by atoms with van der Waals surface area (Å²) in [5, 5.41) is 6.74. The first kappa shape index (κ1) is 20.8. The summed E-state index contributed by atoms with van der Waals surface area (Å²) in [4.78, 5) is 17.5. The Labute approximate surface area is 170 Å². The molecule has 152 valence electrons. The minimum atomic E-state index is -2.85. The first-order chi connectivity index (χ1) is 14.0. The predicted octanol–water partition coefficient (Wildman–Crippen LogP) is 4.24. The van der Waals surface area contributed by atoms with Crippen molar-refractivity contribution < 1.29 is 22.8 Å². The van der Waals surface area contributed by atoms with Crippen molar-refractivity contribution in [1.29, 1.82) is 0 Å². The van der Waals surface area contributed by atoms with Crippen LogP contribution in [-0.2, 0) is 12.2 Å².